The van der Waals surface area contributed by atoms with Crippen LogP contribution in [-0.4, -0.2) is 22.2 Å². The summed E-state index contributed by atoms with van der Waals surface area (Å²) in [7, 11) is 0. The first-order chi connectivity index (χ1) is 9.52. The lowest BCUT2D eigenvalue weighted by atomic mass is 9.60. The molecule has 1 aromatic rings. The van der Waals surface area contributed by atoms with E-state index >= 15 is 0 Å². The molecule has 5 nitrogen and oxygen atoms in total. The summed E-state index contributed by atoms with van der Waals surface area (Å²) >= 11 is 0. The van der Waals surface area contributed by atoms with E-state index in [0.717, 1.165) is 0 Å². The highest BCUT2D eigenvalue weighted by Crippen LogP contribution is 2.46. The highest BCUT2D eigenvalue weighted by molar-refractivity contribution is 5.83. The van der Waals surface area contributed by atoms with Crippen LogP contribution in [0, 0.1) is 23.2 Å². The molecule has 1 saturated carbocycles. The van der Waals surface area contributed by atoms with Crippen molar-refractivity contribution in [3.63, 3.8) is 0 Å². The minimum Gasteiger partial charge on any atom is -0.481 e. The Labute approximate surface area is 116 Å². The Hall–Kier alpha value is -2.35. The van der Waals surface area contributed by atoms with Gasteiger partial charge in [-0.05, 0) is 24.8 Å². The topological polar surface area (TPSA) is 98.4 Å². The molecule has 0 amide bonds. The molecule has 0 bridgehead atoms. The molecule has 0 heterocycles. The first-order valence-electron chi connectivity index (χ1n) is 6.43. The first kappa shape index (κ1) is 14.1. The molecule has 0 spiro atoms. The highest BCUT2D eigenvalue weighted by atomic mass is 16.4. The second-order valence-corrected chi connectivity index (χ2v) is 5.13. The molecule has 5 heteroatoms. The van der Waals surface area contributed by atoms with Gasteiger partial charge in [-0.15, -0.1) is 0 Å². The maximum Gasteiger partial charge on any atom is 0.315 e. The van der Waals surface area contributed by atoms with E-state index in [1.807, 2.05) is 6.07 Å². The van der Waals surface area contributed by atoms with Crippen LogP contribution in [0.1, 0.15) is 24.8 Å². The van der Waals surface area contributed by atoms with Crippen LogP contribution in [-0.2, 0) is 15.0 Å². The Morgan fingerprint density at radius 3 is 2.40 bits per heavy atom. The maximum absolute atomic E-state index is 11.8. The number of hydrogen-bond acceptors (Lipinski definition) is 3. The summed E-state index contributed by atoms with van der Waals surface area (Å²) in [4.78, 5) is 22.9. The SMILES string of the molecule is N#CC1CC(C(=O)O)CCC1(C(=O)O)c1ccccc1. The summed E-state index contributed by atoms with van der Waals surface area (Å²) in [6.45, 7) is 0. The average molecular weight is 273 g/mol. The van der Waals surface area contributed by atoms with Crippen molar-refractivity contribution in [3.05, 3.63) is 35.9 Å². The Morgan fingerprint density at radius 2 is 1.90 bits per heavy atom. The number of nitrogens with zero attached hydrogens (tertiary/aromatic N) is 1. The van der Waals surface area contributed by atoms with Crippen LogP contribution >= 0.6 is 0 Å². The van der Waals surface area contributed by atoms with Gasteiger partial charge in [-0.1, -0.05) is 30.3 Å². The van der Waals surface area contributed by atoms with Crippen molar-refractivity contribution in [2.75, 3.05) is 0 Å². The van der Waals surface area contributed by atoms with Crippen molar-refractivity contribution in [1.82, 2.24) is 0 Å². The van der Waals surface area contributed by atoms with Crippen LogP contribution in [0.25, 0.3) is 0 Å². The van der Waals surface area contributed by atoms with E-state index in [1.54, 1.807) is 30.3 Å². The number of aliphatic carboxylic acids is 2. The largest absolute Gasteiger partial charge is 0.481 e. The third-order valence-electron chi connectivity index (χ3n) is 4.18. The second-order valence-electron chi connectivity index (χ2n) is 5.13. The number of nitriles is 1. The Morgan fingerprint density at radius 1 is 1.25 bits per heavy atom. The van der Waals surface area contributed by atoms with E-state index in [4.69, 9.17) is 5.11 Å². The molecule has 1 aromatic carbocycles. The molecule has 20 heavy (non-hydrogen) atoms. The maximum atomic E-state index is 11.8. The van der Waals surface area contributed by atoms with Crippen LogP contribution in [0.5, 0.6) is 0 Å². The number of carboxylic acid groups (broad SMARTS) is 2. The smallest absolute Gasteiger partial charge is 0.315 e. The predicted octanol–water partition coefficient (Wildman–Crippen LogP) is 2.03. The van der Waals surface area contributed by atoms with E-state index in [0.29, 0.717) is 5.56 Å². The zero-order valence-corrected chi connectivity index (χ0v) is 10.8. The van der Waals surface area contributed by atoms with Gasteiger partial charge in [0.05, 0.1) is 17.9 Å². The molecule has 2 rings (SSSR count). The molecule has 1 aliphatic carbocycles. The number of carbonyl (C=O) groups is 2. The van der Waals surface area contributed by atoms with E-state index in [-0.39, 0.29) is 19.3 Å². The van der Waals surface area contributed by atoms with Crippen molar-refractivity contribution in [3.8, 4) is 6.07 Å². The third-order valence-corrected chi connectivity index (χ3v) is 4.18. The lowest BCUT2D eigenvalue weighted by molar-refractivity contribution is -0.152. The summed E-state index contributed by atoms with van der Waals surface area (Å²) in [6, 6.07) is 10.7. The van der Waals surface area contributed by atoms with Crippen LogP contribution in [0.15, 0.2) is 30.3 Å². The van der Waals surface area contributed by atoms with Gasteiger partial charge in [0.1, 0.15) is 5.41 Å². The van der Waals surface area contributed by atoms with Crippen molar-refractivity contribution >= 4 is 11.9 Å². The van der Waals surface area contributed by atoms with E-state index in [9.17, 15) is 20.0 Å². The van der Waals surface area contributed by atoms with E-state index in [1.165, 1.54) is 0 Å². The van der Waals surface area contributed by atoms with E-state index in [2.05, 4.69) is 0 Å². The molecule has 0 saturated heterocycles. The third kappa shape index (κ3) is 2.14. The minimum atomic E-state index is -1.30. The van der Waals surface area contributed by atoms with Gasteiger partial charge in [-0.25, -0.2) is 0 Å². The minimum absolute atomic E-state index is 0.0764. The predicted molar refractivity (Wildman–Crippen MR) is 69.8 cm³/mol. The van der Waals surface area contributed by atoms with Gasteiger partial charge in [0.15, 0.2) is 0 Å². The summed E-state index contributed by atoms with van der Waals surface area (Å²) < 4.78 is 0. The Balaban J connectivity index is 2.46. The molecule has 0 aromatic heterocycles. The summed E-state index contributed by atoms with van der Waals surface area (Å²) in [6.07, 6.45) is 0.517. The Kier molecular flexibility index (Phi) is 3.75. The summed E-state index contributed by atoms with van der Waals surface area (Å²) in [5, 5.41) is 28.1. The molecule has 1 aliphatic rings. The molecule has 1 fully saturated rings. The van der Waals surface area contributed by atoms with Gasteiger partial charge in [0.25, 0.3) is 0 Å². The highest BCUT2D eigenvalue weighted by Gasteiger charge is 2.52. The second kappa shape index (κ2) is 5.33. The van der Waals surface area contributed by atoms with Gasteiger partial charge in [-0.2, -0.15) is 5.26 Å². The normalized spacial score (nSPS) is 29.4. The monoisotopic (exact) mass is 273 g/mol. The van der Waals surface area contributed by atoms with Gasteiger partial charge < -0.3 is 10.2 Å². The fourth-order valence-corrected chi connectivity index (χ4v) is 3.03. The van der Waals surface area contributed by atoms with Crippen LogP contribution < -0.4 is 0 Å². The molecule has 3 atom stereocenters. The number of hydrogen-bond donors (Lipinski definition) is 2. The van der Waals surface area contributed by atoms with Crippen LogP contribution in [0.2, 0.25) is 0 Å². The van der Waals surface area contributed by atoms with Gasteiger partial charge in [0, 0.05) is 0 Å². The van der Waals surface area contributed by atoms with Crippen molar-refractivity contribution < 1.29 is 19.8 Å². The van der Waals surface area contributed by atoms with Crippen molar-refractivity contribution in [2.45, 2.75) is 24.7 Å². The molecular formula is C15H15NO4. The van der Waals surface area contributed by atoms with Gasteiger partial charge in [0.2, 0.25) is 0 Å². The summed E-state index contributed by atoms with van der Waals surface area (Å²) in [5.41, 5.74) is -0.731. The van der Waals surface area contributed by atoms with E-state index < -0.39 is 29.2 Å². The Bertz CT molecular complexity index is 563. The van der Waals surface area contributed by atoms with Crippen LogP contribution in [0.4, 0.5) is 0 Å². The van der Waals surface area contributed by atoms with Crippen molar-refractivity contribution in [1.29, 1.82) is 5.26 Å². The molecular weight excluding hydrogens is 258 g/mol. The zero-order valence-electron chi connectivity index (χ0n) is 10.8. The number of rotatable bonds is 3. The lowest BCUT2D eigenvalue weighted by Crippen LogP contribution is -2.47. The quantitative estimate of drug-likeness (QED) is 0.878. The fraction of sp³-hybridized carbons (Fsp3) is 0.400. The van der Waals surface area contributed by atoms with Crippen LogP contribution in [0.3, 0.4) is 0 Å². The fourth-order valence-electron chi connectivity index (χ4n) is 3.03. The first-order valence-corrected chi connectivity index (χ1v) is 6.43. The average Bonchev–Trinajstić information content (AvgIpc) is 2.46. The van der Waals surface area contributed by atoms with Crippen molar-refractivity contribution in [2.24, 2.45) is 11.8 Å². The molecule has 0 radical (unpaired) electrons. The van der Waals surface area contributed by atoms with Gasteiger partial charge >= 0.3 is 11.9 Å². The standard InChI is InChI=1S/C15H15NO4/c16-9-12-8-10(13(17)18)6-7-15(12,14(19)20)11-4-2-1-3-5-11/h1-5,10,12H,6-8H2,(H,17,18)(H,19,20). The zero-order chi connectivity index (χ0) is 14.8. The molecule has 104 valence electrons. The number of carboxylic acids is 2. The lowest BCUT2D eigenvalue weighted by Gasteiger charge is -2.39. The molecule has 3 unspecified atom stereocenters. The summed E-state index contributed by atoms with van der Waals surface area (Å²) in [5.74, 6) is -3.50. The molecule has 2 N–H and O–H groups in total. The number of benzene rings is 1. The molecule has 0 aliphatic heterocycles. The van der Waals surface area contributed by atoms with Gasteiger partial charge in [-0.3, -0.25) is 9.59 Å².